The minimum Gasteiger partial charge on any atom is -0.350 e. The van der Waals surface area contributed by atoms with Gasteiger partial charge >= 0.3 is 0 Å². The molecule has 0 aliphatic carbocycles. The van der Waals surface area contributed by atoms with Crippen molar-refractivity contribution in [3.63, 3.8) is 0 Å². The smallest absolute Gasteiger partial charge is 0.223 e. The Balaban J connectivity index is 2.79. The second-order valence-electron chi connectivity index (χ2n) is 4.20. The van der Waals surface area contributed by atoms with Crippen LogP contribution in [-0.4, -0.2) is 22.6 Å². The molecule has 1 unspecified atom stereocenters. The van der Waals surface area contributed by atoms with Crippen LogP contribution < -0.4 is 11.1 Å². The second kappa shape index (κ2) is 5.07. The molecule has 0 bridgehead atoms. The van der Waals surface area contributed by atoms with Crippen molar-refractivity contribution in [3.8, 4) is 0 Å². The average molecular weight is 208 g/mol. The quantitative estimate of drug-likeness (QED) is 0.787. The van der Waals surface area contributed by atoms with Gasteiger partial charge in [-0.2, -0.15) is 0 Å². The molecule has 0 saturated carbocycles. The van der Waals surface area contributed by atoms with Crippen molar-refractivity contribution in [1.82, 2.24) is 9.97 Å². The highest BCUT2D eigenvalue weighted by Crippen LogP contribution is 2.09. The molecule has 1 heterocycles. The highest BCUT2D eigenvalue weighted by Gasteiger charge is 2.12. The third kappa shape index (κ3) is 3.47. The summed E-state index contributed by atoms with van der Waals surface area (Å²) in [7, 11) is 0. The zero-order valence-electron chi connectivity index (χ0n) is 9.91. The molecule has 0 aliphatic heterocycles. The van der Waals surface area contributed by atoms with E-state index in [1.54, 1.807) is 0 Å². The standard InChI is InChI=1S/C11H20N4/c1-7(2)10(6-12)15-11-13-8(3)5-9(4)14-11/h5,7,10H,6,12H2,1-4H3,(H,13,14,15). The number of aromatic nitrogens is 2. The van der Waals surface area contributed by atoms with E-state index in [0.717, 1.165) is 11.4 Å². The maximum Gasteiger partial charge on any atom is 0.223 e. The SMILES string of the molecule is Cc1cc(C)nc(NC(CN)C(C)C)n1. The largest absolute Gasteiger partial charge is 0.350 e. The predicted molar refractivity (Wildman–Crippen MR) is 62.8 cm³/mol. The van der Waals surface area contributed by atoms with Gasteiger partial charge in [0.2, 0.25) is 5.95 Å². The first-order chi connectivity index (χ1) is 7.02. The first-order valence-corrected chi connectivity index (χ1v) is 5.31. The molecule has 3 N–H and O–H groups in total. The fraction of sp³-hybridized carbons (Fsp3) is 0.636. The van der Waals surface area contributed by atoms with Crippen molar-refractivity contribution < 1.29 is 0 Å². The summed E-state index contributed by atoms with van der Waals surface area (Å²) in [4.78, 5) is 8.65. The van der Waals surface area contributed by atoms with E-state index in [1.165, 1.54) is 0 Å². The van der Waals surface area contributed by atoms with E-state index < -0.39 is 0 Å². The number of nitrogens with one attached hydrogen (secondary N) is 1. The Morgan fingerprint density at radius 2 is 1.80 bits per heavy atom. The minimum absolute atomic E-state index is 0.228. The molecule has 0 spiro atoms. The molecular weight excluding hydrogens is 188 g/mol. The zero-order chi connectivity index (χ0) is 11.4. The molecular formula is C11H20N4. The van der Waals surface area contributed by atoms with Crippen LogP contribution in [0, 0.1) is 19.8 Å². The zero-order valence-corrected chi connectivity index (χ0v) is 9.91. The average Bonchev–Trinajstić information content (AvgIpc) is 2.12. The fourth-order valence-corrected chi connectivity index (χ4v) is 1.45. The summed E-state index contributed by atoms with van der Waals surface area (Å²) in [5.74, 6) is 1.15. The van der Waals surface area contributed by atoms with Crippen LogP contribution in [0.1, 0.15) is 25.2 Å². The molecule has 1 rings (SSSR count). The molecule has 84 valence electrons. The second-order valence-corrected chi connectivity index (χ2v) is 4.20. The van der Waals surface area contributed by atoms with Crippen molar-refractivity contribution in [1.29, 1.82) is 0 Å². The topological polar surface area (TPSA) is 63.8 Å². The first kappa shape index (κ1) is 11.9. The molecule has 0 aromatic carbocycles. The van der Waals surface area contributed by atoms with Crippen LogP contribution in [0.15, 0.2) is 6.07 Å². The van der Waals surface area contributed by atoms with Crippen molar-refractivity contribution in [3.05, 3.63) is 17.5 Å². The van der Waals surface area contributed by atoms with Gasteiger partial charge in [-0.3, -0.25) is 0 Å². The van der Waals surface area contributed by atoms with E-state index in [-0.39, 0.29) is 6.04 Å². The summed E-state index contributed by atoms with van der Waals surface area (Å²) in [6.07, 6.45) is 0. The Morgan fingerprint density at radius 1 is 1.27 bits per heavy atom. The van der Waals surface area contributed by atoms with Gasteiger partial charge in [-0.1, -0.05) is 13.8 Å². The van der Waals surface area contributed by atoms with E-state index in [1.807, 2.05) is 19.9 Å². The van der Waals surface area contributed by atoms with Crippen LogP contribution >= 0.6 is 0 Å². The van der Waals surface area contributed by atoms with E-state index in [2.05, 4.69) is 29.1 Å². The maximum atomic E-state index is 5.68. The number of nitrogens with zero attached hydrogens (tertiary/aromatic N) is 2. The molecule has 1 atom stereocenters. The first-order valence-electron chi connectivity index (χ1n) is 5.31. The van der Waals surface area contributed by atoms with Crippen LogP contribution in [0.5, 0.6) is 0 Å². The number of aryl methyl sites for hydroxylation is 2. The van der Waals surface area contributed by atoms with Crippen LogP contribution in [-0.2, 0) is 0 Å². The van der Waals surface area contributed by atoms with E-state index in [9.17, 15) is 0 Å². The Hall–Kier alpha value is -1.16. The summed E-state index contributed by atoms with van der Waals surface area (Å²) >= 11 is 0. The third-order valence-electron chi connectivity index (χ3n) is 2.36. The Kier molecular flexibility index (Phi) is 4.03. The summed E-state index contributed by atoms with van der Waals surface area (Å²) < 4.78 is 0. The van der Waals surface area contributed by atoms with Gasteiger partial charge in [0.1, 0.15) is 0 Å². The lowest BCUT2D eigenvalue weighted by atomic mass is 10.1. The Bertz CT molecular complexity index is 302. The minimum atomic E-state index is 0.228. The van der Waals surface area contributed by atoms with Crippen molar-refractivity contribution >= 4 is 5.95 Å². The molecule has 4 nitrogen and oxygen atoms in total. The summed E-state index contributed by atoms with van der Waals surface area (Å²) in [6.45, 7) is 8.79. The number of hydrogen-bond acceptors (Lipinski definition) is 4. The molecule has 0 radical (unpaired) electrons. The highest BCUT2D eigenvalue weighted by molar-refractivity contribution is 5.29. The molecule has 0 amide bonds. The molecule has 4 heteroatoms. The van der Waals surface area contributed by atoms with Gasteiger partial charge in [-0.05, 0) is 25.8 Å². The van der Waals surface area contributed by atoms with Gasteiger partial charge in [0.05, 0.1) is 0 Å². The molecule has 15 heavy (non-hydrogen) atoms. The van der Waals surface area contributed by atoms with E-state index in [0.29, 0.717) is 18.4 Å². The lowest BCUT2D eigenvalue weighted by Crippen LogP contribution is -2.34. The lowest BCUT2D eigenvalue weighted by Gasteiger charge is -2.20. The lowest BCUT2D eigenvalue weighted by molar-refractivity contribution is 0.528. The van der Waals surface area contributed by atoms with Crippen LogP contribution in [0.25, 0.3) is 0 Å². The monoisotopic (exact) mass is 208 g/mol. The van der Waals surface area contributed by atoms with Crippen LogP contribution in [0.3, 0.4) is 0 Å². The van der Waals surface area contributed by atoms with Gasteiger partial charge in [0, 0.05) is 24.0 Å². The number of anilines is 1. The summed E-state index contributed by atoms with van der Waals surface area (Å²) in [6, 6.07) is 2.18. The number of nitrogens with two attached hydrogens (primary N) is 1. The number of hydrogen-bond donors (Lipinski definition) is 2. The molecule has 1 aromatic heterocycles. The van der Waals surface area contributed by atoms with Gasteiger partial charge < -0.3 is 11.1 Å². The van der Waals surface area contributed by atoms with Crippen molar-refractivity contribution in [2.75, 3.05) is 11.9 Å². The summed E-state index contributed by atoms with van der Waals surface area (Å²) in [5, 5.41) is 3.26. The fourth-order valence-electron chi connectivity index (χ4n) is 1.45. The third-order valence-corrected chi connectivity index (χ3v) is 2.36. The summed E-state index contributed by atoms with van der Waals surface area (Å²) in [5.41, 5.74) is 7.63. The van der Waals surface area contributed by atoms with Crippen molar-refractivity contribution in [2.45, 2.75) is 33.7 Å². The van der Waals surface area contributed by atoms with Gasteiger partial charge in [0.15, 0.2) is 0 Å². The number of rotatable bonds is 4. The van der Waals surface area contributed by atoms with Gasteiger partial charge in [-0.15, -0.1) is 0 Å². The van der Waals surface area contributed by atoms with E-state index in [4.69, 9.17) is 5.73 Å². The highest BCUT2D eigenvalue weighted by atomic mass is 15.1. The predicted octanol–water partition coefficient (Wildman–Crippen LogP) is 1.49. The van der Waals surface area contributed by atoms with Crippen LogP contribution in [0.4, 0.5) is 5.95 Å². The van der Waals surface area contributed by atoms with Gasteiger partial charge in [0.25, 0.3) is 0 Å². The molecule has 1 aromatic rings. The molecule has 0 saturated heterocycles. The maximum absolute atomic E-state index is 5.68. The molecule has 0 fully saturated rings. The van der Waals surface area contributed by atoms with Crippen molar-refractivity contribution in [2.24, 2.45) is 11.7 Å². The normalized spacial score (nSPS) is 12.9. The Labute approximate surface area is 91.3 Å². The Morgan fingerprint density at radius 3 is 2.20 bits per heavy atom. The van der Waals surface area contributed by atoms with Crippen LogP contribution in [0.2, 0.25) is 0 Å². The van der Waals surface area contributed by atoms with Gasteiger partial charge in [-0.25, -0.2) is 9.97 Å². The molecule has 0 aliphatic rings. The van der Waals surface area contributed by atoms with E-state index >= 15 is 0 Å².